The maximum atomic E-state index is 13.8. The average molecular weight is 372 g/mol. The van der Waals surface area contributed by atoms with Crippen LogP contribution in [0.15, 0.2) is 42.5 Å². The van der Waals surface area contributed by atoms with Crippen LogP contribution >= 0.6 is 0 Å². The van der Waals surface area contributed by atoms with E-state index < -0.39 is 23.3 Å². The minimum absolute atomic E-state index is 0.0819. The van der Waals surface area contributed by atoms with Gasteiger partial charge in [-0.05, 0) is 49.2 Å². The molecule has 0 unspecified atom stereocenters. The summed E-state index contributed by atoms with van der Waals surface area (Å²) in [4.78, 5) is 28.9. The first-order chi connectivity index (χ1) is 12.9. The SMILES string of the molecule is CN(C)c1cccc(C(=O)N2CCC(C(=O)c3cc(F)ccc3F)CC2)c1. The molecule has 1 aliphatic rings. The number of ketones is 1. The van der Waals surface area contributed by atoms with Crippen molar-refractivity contribution in [1.29, 1.82) is 0 Å². The number of hydrogen-bond donors (Lipinski definition) is 0. The van der Waals surface area contributed by atoms with Gasteiger partial charge in [0.25, 0.3) is 5.91 Å². The summed E-state index contributed by atoms with van der Waals surface area (Å²) in [7, 11) is 3.82. The predicted octanol–water partition coefficient (Wildman–Crippen LogP) is 3.77. The third-order valence-corrected chi connectivity index (χ3v) is 4.96. The highest BCUT2D eigenvalue weighted by Gasteiger charge is 2.30. The van der Waals surface area contributed by atoms with Crippen molar-refractivity contribution < 1.29 is 18.4 Å². The summed E-state index contributed by atoms with van der Waals surface area (Å²) >= 11 is 0. The second-order valence-electron chi connectivity index (χ2n) is 7.00. The first-order valence-corrected chi connectivity index (χ1v) is 8.92. The van der Waals surface area contributed by atoms with Crippen molar-refractivity contribution in [2.45, 2.75) is 12.8 Å². The molecule has 0 N–H and O–H groups in total. The van der Waals surface area contributed by atoms with E-state index >= 15 is 0 Å². The molecular formula is C21H22F2N2O2. The molecule has 2 aromatic rings. The molecule has 1 fully saturated rings. The topological polar surface area (TPSA) is 40.6 Å². The molecule has 1 saturated heterocycles. The van der Waals surface area contributed by atoms with Gasteiger partial charge in [0.15, 0.2) is 5.78 Å². The molecule has 4 nitrogen and oxygen atoms in total. The van der Waals surface area contributed by atoms with Gasteiger partial charge in [-0.15, -0.1) is 0 Å². The standard InChI is InChI=1S/C21H22F2N2O2/c1-24(2)17-5-3-4-15(12-17)21(27)25-10-8-14(9-11-25)20(26)18-13-16(22)6-7-19(18)23/h3-7,12-14H,8-11H2,1-2H3. The average Bonchev–Trinajstić information content (AvgIpc) is 2.69. The Hall–Kier alpha value is -2.76. The van der Waals surface area contributed by atoms with Gasteiger partial charge in [-0.25, -0.2) is 8.78 Å². The maximum absolute atomic E-state index is 13.8. The molecule has 1 heterocycles. The van der Waals surface area contributed by atoms with E-state index in [1.165, 1.54) is 0 Å². The summed E-state index contributed by atoms with van der Waals surface area (Å²) in [6.07, 6.45) is 0.877. The first kappa shape index (κ1) is 19.0. The quantitative estimate of drug-likeness (QED) is 0.767. The smallest absolute Gasteiger partial charge is 0.253 e. The van der Waals surface area contributed by atoms with E-state index in [9.17, 15) is 18.4 Å². The Bertz CT molecular complexity index is 859. The van der Waals surface area contributed by atoms with Gasteiger partial charge in [-0.3, -0.25) is 9.59 Å². The summed E-state index contributed by atoms with van der Waals surface area (Å²) in [5, 5.41) is 0. The molecular weight excluding hydrogens is 350 g/mol. The number of likely N-dealkylation sites (tertiary alicyclic amines) is 1. The third kappa shape index (κ3) is 4.15. The summed E-state index contributed by atoms with van der Waals surface area (Å²) in [6, 6.07) is 10.3. The van der Waals surface area contributed by atoms with Gasteiger partial charge in [0.05, 0.1) is 5.56 Å². The highest BCUT2D eigenvalue weighted by Crippen LogP contribution is 2.25. The number of halogens is 2. The van der Waals surface area contributed by atoms with Gasteiger partial charge in [0.1, 0.15) is 11.6 Å². The van der Waals surface area contributed by atoms with Crippen LogP contribution < -0.4 is 4.90 Å². The van der Waals surface area contributed by atoms with Crippen LogP contribution in [-0.4, -0.2) is 43.8 Å². The Morgan fingerprint density at radius 3 is 2.41 bits per heavy atom. The lowest BCUT2D eigenvalue weighted by Crippen LogP contribution is -2.40. The van der Waals surface area contributed by atoms with Crippen LogP contribution in [0.4, 0.5) is 14.5 Å². The van der Waals surface area contributed by atoms with E-state index in [0.717, 1.165) is 23.9 Å². The fourth-order valence-electron chi connectivity index (χ4n) is 3.35. The van der Waals surface area contributed by atoms with Crippen LogP contribution in [0.1, 0.15) is 33.6 Å². The fraction of sp³-hybridized carbons (Fsp3) is 0.333. The lowest BCUT2D eigenvalue weighted by Gasteiger charge is -2.31. The fourth-order valence-corrected chi connectivity index (χ4v) is 3.35. The molecule has 6 heteroatoms. The lowest BCUT2D eigenvalue weighted by molar-refractivity contribution is 0.0649. The second-order valence-corrected chi connectivity index (χ2v) is 7.00. The summed E-state index contributed by atoms with van der Waals surface area (Å²) in [5.74, 6) is -2.22. The van der Waals surface area contributed by atoms with Crippen molar-refractivity contribution in [3.63, 3.8) is 0 Å². The van der Waals surface area contributed by atoms with Gasteiger partial charge in [-0.1, -0.05) is 6.07 Å². The Balaban J connectivity index is 1.66. The molecule has 27 heavy (non-hydrogen) atoms. The monoisotopic (exact) mass is 372 g/mol. The molecule has 0 radical (unpaired) electrons. The van der Waals surface area contributed by atoms with E-state index in [2.05, 4.69) is 0 Å². The summed E-state index contributed by atoms with van der Waals surface area (Å²) in [5.41, 5.74) is 1.33. The number of benzene rings is 2. The van der Waals surface area contributed by atoms with E-state index in [0.29, 0.717) is 31.5 Å². The second kappa shape index (κ2) is 7.86. The zero-order valence-corrected chi connectivity index (χ0v) is 15.4. The maximum Gasteiger partial charge on any atom is 0.253 e. The number of rotatable bonds is 4. The Labute approximate surface area is 157 Å². The molecule has 0 saturated carbocycles. The van der Waals surface area contributed by atoms with Gasteiger partial charge in [0.2, 0.25) is 0 Å². The zero-order chi connectivity index (χ0) is 19.6. The predicted molar refractivity (Wildman–Crippen MR) is 100 cm³/mol. The molecule has 2 aromatic carbocycles. The molecule has 0 aliphatic carbocycles. The van der Waals surface area contributed by atoms with Gasteiger partial charge in [0, 0.05) is 44.4 Å². The molecule has 0 spiro atoms. The number of amides is 1. The Morgan fingerprint density at radius 2 is 1.74 bits per heavy atom. The number of carbonyl (C=O) groups is 2. The van der Waals surface area contributed by atoms with Crippen molar-refractivity contribution in [1.82, 2.24) is 4.90 Å². The van der Waals surface area contributed by atoms with Crippen LogP contribution in [0.3, 0.4) is 0 Å². The van der Waals surface area contributed by atoms with Crippen LogP contribution in [0.2, 0.25) is 0 Å². The van der Waals surface area contributed by atoms with Crippen LogP contribution in [0, 0.1) is 17.6 Å². The molecule has 0 bridgehead atoms. The lowest BCUT2D eigenvalue weighted by atomic mass is 9.88. The number of carbonyl (C=O) groups excluding carboxylic acids is 2. The van der Waals surface area contributed by atoms with Crippen molar-refractivity contribution in [3.8, 4) is 0 Å². The highest BCUT2D eigenvalue weighted by molar-refractivity contribution is 5.99. The third-order valence-electron chi connectivity index (χ3n) is 4.96. The molecule has 0 aromatic heterocycles. The molecule has 1 aliphatic heterocycles. The molecule has 1 amide bonds. The Kier molecular flexibility index (Phi) is 5.54. The molecule has 3 rings (SSSR count). The molecule has 142 valence electrons. The van der Waals surface area contributed by atoms with E-state index in [-0.39, 0.29) is 11.5 Å². The van der Waals surface area contributed by atoms with Crippen LogP contribution in [0.5, 0.6) is 0 Å². The molecule has 0 atom stereocenters. The highest BCUT2D eigenvalue weighted by atomic mass is 19.1. The summed E-state index contributed by atoms with van der Waals surface area (Å²) in [6.45, 7) is 0.830. The van der Waals surface area contributed by atoms with Crippen molar-refractivity contribution >= 4 is 17.4 Å². The van der Waals surface area contributed by atoms with Gasteiger partial charge in [-0.2, -0.15) is 0 Å². The largest absolute Gasteiger partial charge is 0.378 e. The minimum Gasteiger partial charge on any atom is -0.378 e. The number of hydrogen-bond acceptors (Lipinski definition) is 3. The zero-order valence-electron chi connectivity index (χ0n) is 15.4. The van der Waals surface area contributed by atoms with Crippen molar-refractivity contribution in [3.05, 3.63) is 65.2 Å². The Morgan fingerprint density at radius 1 is 1.04 bits per heavy atom. The number of anilines is 1. The van der Waals surface area contributed by atoms with E-state index in [1.54, 1.807) is 11.0 Å². The number of Topliss-reactive ketones (excluding diaryl/α,β-unsaturated/α-hetero) is 1. The number of nitrogens with zero attached hydrogens (tertiary/aromatic N) is 2. The number of piperidine rings is 1. The van der Waals surface area contributed by atoms with E-state index in [1.807, 2.05) is 37.2 Å². The van der Waals surface area contributed by atoms with E-state index in [4.69, 9.17) is 0 Å². The normalized spacial score (nSPS) is 14.9. The van der Waals surface area contributed by atoms with Gasteiger partial charge >= 0.3 is 0 Å². The van der Waals surface area contributed by atoms with Crippen LogP contribution in [-0.2, 0) is 0 Å². The first-order valence-electron chi connectivity index (χ1n) is 8.92. The minimum atomic E-state index is -0.708. The van der Waals surface area contributed by atoms with Crippen molar-refractivity contribution in [2.75, 3.05) is 32.1 Å². The summed E-state index contributed by atoms with van der Waals surface area (Å²) < 4.78 is 27.2. The van der Waals surface area contributed by atoms with Crippen molar-refractivity contribution in [2.24, 2.45) is 5.92 Å². The van der Waals surface area contributed by atoms with Gasteiger partial charge < -0.3 is 9.80 Å². The van der Waals surface area contributed by atoms with Crippen LogP contribution in [0.25, 0.3) is 0 Å².